The van der Waals surface area contributed by atoms with E-state index in [1.165, 1.54) is 5.56 Å². The van der Waals surface area contributed by atoms with Gasteiger partial charge in [-0.1, -0.05) is 54.6 Å². The SMILES string of the molecule is CC(C)(C)OC(=O)NCc1ccc(-c2nc3c(N4CCC(Cc5ccccc5)CC4)c(Br)cnc3[nH]2)cc1. The molecule has 3 heterocycles. The molecule has 0 unspecified atom stereocenters. The van der Waals surface area contributed by atoms with Gasteiger partial charge in [0, 0.05) is 31.4 Å². The highest BCUT2D eigenvalue weighted by molar-refractivity contribution is 9.10. The highest BCUT2D eigenvalue weighted by atomic mass is 79.9. The molecule has 0 atom stereocenters. The van der Waals surface area contributed by atoms with Gasteiger partial charge in [0.25, 0.3) is 0 Å². The molecule has 2 aromatic heterocycles. The molecule has 8 heteroatoms. The lowest BCUT2D eigenvalue weighted by Gasteiger charge is -2.34. The first-order valence-corrected chi connectivity index (χ1v) is 13.9. The number of hydrogen-bond acceptors (Lipinski definition) is 5. The average Bonchev–Trinajstić information content (AvgIpc) is 3.32. The first-order chi connectivity index (χ1) is 18.2. The highest BCUT2D eigenvalue weighted by Gasteiger charge is 2.24. The zero-order valence-electron chi connectivity index (χ0n) is 22.1. The molecule has 1 fully saturated rings. The molecule has 0 saturated carbocycles. The second-order valence-electron chi connectivity index (χ2n) is 10.9. The molecule has 38 heavy (non-hydrogen) atoms. The second-order valence-corrected chi connectivity index (χ2v) is 11.8. The molecule has 2 N–H and O–H groups in total. The van der Waals surface area contributed by atoms with E-state index in [1.54, 1.807) is 0 Å². The molecular weight excluding hydrogens is 542 g/mol. The molecule has 0 spiro atoms. The quantitative estimate of drug-likeness (QED) is 0.262. The number of ether oxygens (including phenoxy) is 1. The van der Waals surface area contributed by atoms with Crippen LogP contribution in [0.4, 0.5) is 10.5 Å². The summed E-state index contributed by atoms with van der Waals surface area (Å²) >= 11 is 3.74. The monoisotopic (exact) mass is 575 g/mol. The van der Waals surface area contributed by atoms with Crippen molar-refractivity contribution in [3.63, 3.8) is 0 Å². The Labute approximate surface area is 232 Å². The number of aromatic amines is 1. The number of H-pyrrole nitrogens is 1. The third kappa shape index (κ3) is 6.35. The minimum absolute atomic E-state index is 0.397. The zero-order valence-corrected chi connectivity index (χ0v) is 23.7. The number of pyridine rings is 1. The van der Waals surface area contributed by atoms with Crippen LogP contribution in [0.2, 0.25) is 0 Å². The molecule has 1 aliphatic heterocycles. The molecule has 1 saturated heterocycles. The van der Waals surface area contributed by atoms with Crippen LogP contribution in [-0.2, 0) is 17.7 Å². The van der Waals surface area contributed by atoms with Crippen LogP contribution in [0.3, 0.4) is 0 Å². The number of piperidine rings is 1. The van der Waals surface area contributed by atoms with Crippen molar-refractivity contribution in [1.82, 2.24) is 20.3 Å². The van der Waals surface area contributed by atoms with Crippen molar-refractivity contribution in [1.29, 1.82) is 0 Å². The van der Waals surface area contributed by atoms with Crippen molar-refractivity contribution in [2.75, 3.05) is 18.0 Å². The summed E-state index contributed by atoms with van der Waals surface area (Å²) in [5.41, 5.74) is 5.61. The van der Waals surface area contributed by atoms with Gasteiger partial charge >= 0.3 is 6.09 Å². The number of aromatic nitrogens is 3. The number of fused-ring (bicyclic) bond motifs is 1. The van der Waals surface area contributed by atoms with Crippen LogP contribution in [-0.4, -0.2) is 39.7 Å². The standard InChI is InChI=1S/C30H34BrN5O2/c1-30(2,3)38-29(37)33-18-22-9-11-23(12-10-22)27-34-25-26(24(31)19-32-28(25)35-27)36-15-13-21(14-16-36)17-20-7-5-4-6-8-20/h4-12,19,21H,13-18H2,1-3H3,(H,33,37)(H,32,34,35). The normalized spacial score (nSPS) is 14.6. The van der Waals surface area contributed by atoms with Gasteiger partial charge in [0.05, 0.1) is 10.2 Å². The Morgan fingerprint density at radius 1 is 1.08 bits per heavy atom. The van der Waals surface area contributed by atoms with Crippen molar-refractivity contribution in [3.05, 3.63) is 76.4 Å². The Morgan fingerprint density at radius 3 is 2.47 bits per heavy atom. The summed E-state index contributed by atoms with van der Waals surface area (Å²) in [6.07, 6.45) is 4.88. The molecule has 1 amide bonds. The zero-order chi connectivity index (χ0) is 26.7. The van der Waals surface area contributed by atoms with Gasteiger partial charge in [0.1, 0.15) is 16.9 Å². The van der Waals surface area contributed by atoms with Gasteiger partial charge in [0.2, 0.25) is 0 Å². The summed E-state index contributed by atoms with van der Waals surface area (Å²) in [5.74, 6) is 1.47. The molecule has 0 radical (unpaired) electrons. The predicted octanol–water partition coefficient (Wildman–Crippen LogP) is 6.87. The van der Waals surface area contributed by atoms with Crippen LogP contribution in [0.1, 0.15) is 44.7 Å². The number of hydrogen-bond donors (Lipinski definition) is 2. The number of carbonyl (C=O) groups excluding carboxylic acids is 1. The van der Waals surface area contributed by atoms with Gasteiger partial charge in [0.15, 0.2) is 5.65 Å². The van der Waals surface area contributed by atoms with Crippen molar-refractivity contribution in [2.45, 2.75) is 52.2 Å². The fraction of sp³-hybridized carbons (Fsp3) is 0.367. The number of imidazole rings is 1. The topological polar surface area (TPSA) is 83.1 Å². The maximum absolute atomic E-state index is 11.9. The predicted molar refractivity (Wildman–Crippen MR) is 155 cm³/mol. The second kappa shape index (κ2) is 11.2. The van der Waals surface area contributed by atoms with Gasteiger partial charge < -0.3 is 19.9 Å². The first kappa shape index (κ1) is 26.2. The van der Waals surface area contributed by atoms with E-state index in [4.69, 9.17) is 9.72 Å². The van der Waals surface area contributed by atoms with Crippen LogP contribution in [0.25, 0.3) is 22.6 Å². The van der Waals surface area contributed by atoms with E-state index in [2.05, 4.69) is 66.4 Å². The summed E-state index contributed by atoms with van der Waals surface area (Å²) in [5, 5.41) is 2.80. The van der Waals surface area contributed by atoms with Crippen LogP contribution in [0.5, 0.6) is 0 Å². The Balaban J connectivity index is 1.27. The van der Waals surface area contributed by atoms with E-state index in [9.17, 15) is 4.79 Å². The lowest BCUT2D eigenvalue weighted by molar-refractivity contribution is 0.0523. The maximum Gasteiger partial charge on any atom is 0.407 e. The van der Waals surface area contributed by atoms with E-state index in [-0.39, 0.29) is 0 Å². The van der Waals surface area contributed by atoms with Gasteiger partial charge in [-0.2, -0.15) is 0 Å². The fourth-order valence-corrected chi connectivity index (χ4v) is 5.47. The summed E-state index contributed by atoms with van der Waals surface area (Å²) in [6, 6.07) is 18.8. The molecule has 0 bridgehead atoms. The Hall–Kier alpha value is -3.39. The van der Waals surface area contributed by atoms with E-state index < -0.39 is 11.7 Å². The summed E-state index contributed by atoms with van der Waals surface area (Å²) in [4.78, 5) is 27.3. The molecular formula is C30H34BrN5O2. The van der Waals surface area contributed by atoms with Gasteiger partial charge in [-0.25, -0.2) is 14.8 Å². The van der Waals surface area contributed by atoms with Gasteiger partial charge in [-0.05, 0) is 73.0 Å². The van der Waals surface area contributed by atoms with Crippen LogP contribution < -0.4 is 10.2 Å². The van der Waals surface area contributed by atoms with E-state index in [0.29, 0.717) is 12.5 Å². The van der Waals surface area contributed by atoms with Crippen LogP contribution >= 0.6 is 15.9 Å². The molecule has 7 nitrogen and oxygen atoms in total. The Morgan fingerprint density at radius 2 is 1.79 bits per heavy atom. The number of rotatable bonds is 6. The Bertz CT molecular complexity index is 1390. The fourth-order valence-electron chi connectivity index (χ4n) is 4.93. The van der Waals surface area contributed by atoms with Gasteiger partial charge in [-0.3, -0.25) is 0 Å². The molecule has 198 valence electrons. The maximum atomic E-state index is 11.9. The average molecular weight is 577 g/mol. The number of halogens is 1. The van der Waals surface area contributed by atoms with Crippen molar-refractivity contribution >= 4 is 38.9 Å². The summed E-state index contributed by atoms with van der Waals surface area (Å²) in [7, 11) is 0. The van der Waals surface area contributed by atoms with Crippen LogP contribution in [0.15, 0.2) is 65.3 Å². The van der Waals surface area contributed by atoms with E-state index in [1.807, 2.05) is 51.2 Å². The molecule has 2 aromatic carbocycles. The minimum Gasteiger partial charge on any atom is -0.444 e. The number of alkyl carbamates (subject to hydrolysis) is 1. The highest BCUT2D eigenvalue weighted by Crippen LogP contribution is 2.36. The molecule has 0 aliphatic carbocycles. The lowest BCUT2D eigenvalue weighted by Crippen LogP contribution is -2.34. The first-order valence-electron chi connectivity index (χ1n) is 13.1. The number of benzene rings is 2. The minimum atomic E-state index is -0.519. The van der Waals surface area contributed by atoms with Crippen molar-refractivity contribution < 1.29 is 9.53 Å². The van der Waals surface area contributed by atoms with Crippen LogP contribution in [0, 0.1) is 5.92 Å². The Kier molecular flexibility index (Phi) is 7.70. The smallest absolute Gasteiger partial charge is 0.407 e. The van der Waals surface area contributed by atoms with Gasteiger partial charge in [-0.15, -0.1) is 0 Å². The molecule has 1 aliphatic rings. The number of carbonyl (C=O) groups is 1. The number of anilines is 1. The third-order valence-electron chi connectivity index (χ3n) is 6.80. The summed E-state index contributed by atoms with van der Waals surface area (Å²) < 4.78 is 6.28. The summed E-state index contributed by atoms with van der Waals surface area (Å²) in [6.45, 7) is 7.94. The number of nitrogens with one attached hydrogen (secondary N) is 2. The van der Waals surface area contributed by atoms with Crippen molar-refractivity contribution in [2.24, 2.45) is 5.92 Å². The molecule has 4 aromatic rings. The number of amides is 1. The largest absolute Gasteiger partial charge is 0.444 e. The lowest BCUT2D eigenvalue weighted by atomic mass is 9.90. The third-order valence-corrected chi connectivity index (χ3v) is 7.38. The van der Waals surface area contributed by atoms with E-state index >= 15 is 0 Å². The van der Waals surface area contributed by atoms with E-state index in [0.717, 1.165) is 70.6 Å². The number of nitrogens with zero attached hydrogens (tertiary/aromatic N) is 3. The van der Waals surface area contributed by atoms with Crippen molar-refractivity contribution in [3.8, 4) is 11.4 Å². The molecule has 5 rings (SSSR count).